The Morgan fingerprint density at radius 3 is 2.21 bits per heavy atom. The summed E-state index contributed by atoms with van der Waals surface area (Å²) in [5, 5.41) is 4.87. The first-order valence-corrected chi connectivity index (χ1v) is 7.52. The monoisotopic (exact) mass is 345 g/mol. The molecule has 0 N–H and O–H groups in total. The van der Waals surface area contributed by atoms with Gasteiger partial charge in [0.15, 0.2) is 17.3 Å². The van der Waals surface area contributed by atoms with Crippen LogP contribution in [0.15, 0.2) is 42.7 Å². The van der Waals surface area contributed by atoms with Crippen LogP contribution in [0.5, 0.6) is 17.2 Å². The normalized spacial score (nSPS) is 10.5. The molecular formula is C17H16ClN3O3. The highest BCUT2D eigenvalue weighted by molar-refractivity contribution is 6.32. The Morgan fingerprint density at radius 2 is 1.62 bits per heavy atom. The molecule has 0 atom stereocenters. The summed E-state index contributed by atoms with van der Waals surface area (Å²) in [5.41, 5.74) is 1.50. The van der Waals surface area contributed by atoms with Crippen LogP contribution in [0.4, 0.5) is 0 Å². The Kier molecular flexibility index (Phi) is 4.57. The molecule has 0 saturated heterocycles. The molecule has 3 aromatic rings. The number of nitrogens with zero attached hydrogens (tertiary/aromatic N) is 3. The van der Waals surface area contributed by atoms with E-state index in [1.54, 1.807) is 32.1 Å². The van der Waals surface area contributed by atoms with Crippen LogP contribution in [0, 0.1) is 0 Å². The third kappa shape index (κ3) is 2.76. The van der Waals surface area contributed by atoms with Gasteiger partial charge in [-0.3, -0.25) is 0 Å². The third-order valence-electron chi connectivity index (χ3n) is 3.55. The second-order valence-corrected chi connectivity index (χ2v) is 5.27. The molecule has 0 saturated carbocycles. The van der Waals surface area contributed by atoms with Crippen LogP contribution in [0.25, 0.3) is 17.1 Å². The zero-order chi connectivity index (χ0) is 17.1. The minimum atomic E-state index is 0.521. The molecule has 0 unspecified atom stereocenters. The first-order valence-electron chi connectivity index (χ1n) is 7.15. The zero-order valence-electron chi connectivity index (χ0n) is 13.5. The van der Waals surface area contributed by atoms with E-state index in [9.17, 15) is 0 Å². The van der Waals surface area contributed by atoms with Crippen molar-refractivity contribution in [3.8, 4) is 34.3 Å². The molecule has 0 bridgehead atoms. The van der Waals surface area contributed by atoms with Crippen LogP contribution in [0.3, 0.4) is 0 Å². The van der Waals surface area contributed by atoms with E-state index >= 15 is 0 Å². The molecule has 0 spiro atoms. The van der Waals surface area contributed by atoms with Gasteiger partial charge in [0.2, 0.25) is 5.75 Å². The summed E-state index contributed by atoms with van der Waals surface area (Å²) < 4.78 is 17.8. The Balaban J connectivity index is 2.18. The van der Waals surface area contributed by atoms with Gasteiger partial charge >= 0.3 is 0 Å². The number of halogens is 1. The van der Waals surface area contributed by atoms with Crippen LogP contribution in [-0.2, 0) is 0 Å². The number of hydrogen-bond acceptors (Lipinski definition) is 5. The van der Waals surface area contributed by atoms with Crippen molar-refractivity contribution in [1.82, 2.24) is 14.8 Å². The largest absolute Gasteiger partial charge is 0.493 e. The van der Waals surface area contributed by atoms with Crippen molar-refractivity contribution in [2.45, 2.75) is 0 Å². The van der Waals surface area contributed by atoms with E-state index in [-0.39, 0.29) is 0 Å². The summed E-state index contributed by atoms with van der Waals surface area (Å²) in [4.78, 5) is 4.35. The molecule has 2 aromatic carbocycles. The van der Waals surface area contributed by atoms with Gasteiger partial charge in [-0.05, 0) is 24.3 Å². The smallest absolute Gasteiger partial charge is 0.203 e. The molecule has 1 aromatic heterocycles. The van der Waals surface area contributed by atoms with Gasteiger partial charge in [-0.2, -0.15) is 5.10 Å². The number of ether oxygens (including phenoxy) is 3. The molecule has 0 radical (unpaired) electrons. The predicted molar refractivity (Wildman–Crippen MR) is 91.5 cm³/mol. The van der Waals surface area contributed by atoms with E-state index in [0.29, 0.717) is 28.1 Å². The number of methoxy groups -OCH3 is 3. The van der Waals surface area contributed by atoms with Crippen LogP contribution < -0.4 is 14.2 Å². The van der Waals surface area contributed by atoms with Gasteiger partial charge in [0, 0.05) is 5.56 Å². The number of hydrogen-bond donors (Lipinski definition) is 0. The van der Waals surface area contributed by atoms with Crippen molar-refractivity contribution in [2.75, 3.05) is 21.3 Å². The molecule has 24 heavy (non-hydrogen) atoms. The van der Waals surface area contributed by atoms with Crippen LogP contribution >= 0.6 is 11.6 Å². The molecule has 6 nitrogen and oxygen atoms in total. The fourth-order valence-corrected chi connectivity index (χ4v) is 2.66. The van der Waals surface area contributed by atoms with Gasteiger partial charge in [0.05, 0.1) is 32.0 Å². The molecule has 0 amide bonds. The van der Waals surface area contributed by atoms with Crippen LogP contribution in [0.1, 0.15) is 0 Å². The molecule has 124 valence electrons. The topological polar surface area (TPSA) is 58.4 Å². The Hall–Kier alpha value is -2.73. The summed E-state index contributed by atoms with van der Waals surface area (Å²) in [7, 11) is 4.70. The van der Waals surface area contributed by atoms with Crippen molar-refractivity contribution in [1.29, 1.82) is 0 Å². The molecule has 3 rings (SSSR count). The maximum atomic E-state index is 6.28. The zero-order valence-corrected chi connectivity index (χ0v) is 14.2. The molecule has 0 aliphatic rings. The van der Waals surface area contributed by atoms with E-state index in [2.05, 4.69) is 10.1 Å². The van der Waals surface area contributed by atoms with Gasteiger partial charge in [-0.1, -0.05) is 23.7 Å². The van der Waals surface area contributed by atoms with Crippen molar-refractivity contribution in [2.24, 2.45) is 0 Å². The highest BCUT2D eigenvalue weighted by Crippen LogP contribution is 2.41. The summed E-state index contributed by atoms with van der Waals surface area (Å²) in [5.74, 6) is 2.22. The van der Waals surface area contributed by atoms with Crippen LogP contribution in [-0.4, -0.2) is 36.1 Å². The lowest BCUT2D eigenvalue weighted by atomic mass is 10.1. The maximum absolute atomic E-state index is 6.28. The number of benzene rings is 2. The number of aromatic nitrogens is 3. The van der Waals surface area contributed by atoms with Gasteiger partial charge in [0.1, 0.15) is 6.33 Å². The average molecular weight is 346 g/mol. The lowest BCUT2D eigenvalue weighted by Crippen LogP contribution is -2.02. The Bertz CT molecular complexity index is 839. The lowest BCUT2D eigenvalue weighted by Gasteiger charge is -2.14. The van der Waals surface area contributed by atoms with Crippen molar-refractivity contribution in [3.63, 3.8) is 0 Å². The van der Waals surface area contributed by atoms with Gasteiger partial charge in [0.25, 0.3) is 0 Å². The molecular weight excluding hydrogens is 330 g/mol. The van der Waals surface area contributed by atoms with Crippen LogP contribution in [0.2, 0.25) is 5.02 Å². The van der Waals surface area contributed by atoms with Crippen molar-refractivity contribution >= 4 is 11.6 Å². The van der Waals surface area contributed by atoms with Gasteiger partial charge in [-0.15, -0.1) is 0 Å². The maximum Gasteiger partial charge on any atom is 0.203 e. The third-order valence-corrected chi connectivity index (χ3v) is 3.87. The number of rotatable bonds is 5. The minimum Gasteiger partial charge on any atom is -0.493 e. The van der Waals surface area contributed by atoms with Crippen molar-refractivity contribution < 1.29 is 14.2 Å². The van der Waals surface area contributed by atoms with E-state index in [0.717, 1.165) is 11.3 Å². The molecule has 7 heteroatoms. The summed E-state index contributed by atoms with van der Waals surface area (Å²) >= 11 is 6.28. The lowest BCUT2D eigenvalue weighted by molar-refractivity contribution is 0.324. The van der Waals surface area contributed by atoms with E-state index in [1.165, 1.54) is 6.33 Å². The summed E-state index contributed by atoms with van der Waals surface area (Å²) in [6.07, 6.45) is 1.47. The minimum absolute atomic E-state index is 0.521. The SMILES string of the molecule is COc1cc(-c2ncnn2-c2ccccc2Cl)cc(OC)c1OC. The fourth-order valence-electron chi connectivity index (χ4n) is 2.45. The quantitative estimate of drug-likeness (QED) is 0.707. The van der Waals surface area contributed by atoms with E-state index in [4.69, 9.17) is 25.8 Å². The molecule has 1 heterocycles. The van der Waals surface area contributed by atoms with Crippen molar-refractivity contribution in [3.05, 3.63) is 47.7 Å². The van der Waals surface area contributed by atoms with E-state index < -0.39 is 0 Å². The second-order valence-electron chi connectivity index (χ2n) is 4.86. The molecule has 0 aliphatic heterocycles. The summed E-state index contributed by atoms with van der Waals surface area (Å²) in [6, 6.07) is 11.1. The predicted octanol–water partition coefficient (Wildman–Crippen LogP) is 3.61. The van der Waals surface area contributed by atoms with E-state index in [1.807, 2.05) is 30.3 Å². The molecule has 0 aliphatic carbocycles. The number of para-hydroxylation sites is 1. The van der Waals surface area contributed by atoms with Gasteiger partial charge in [-0.25, -0.2) is 9.67 Å². The first kappa shape index (κ1) is 16.1. The highest BCUT2D eigenvalue weighted by atomic mass is 35.5. The standard InChI is InChI=1S/C17H16ClN3O3/c1-22-14-8-11(9-15(23-2)16(14)24-3)17-19-10-20-21(17)13-7-5-4-6-12(13)18/h4-10H,1-3H3. The highest BCUT2D eigenvalue weighted by Gasteiger charge is 2.18. The Labute approximate surface area is 144 Å². The first-order chi connectivity index (χ1) is 11.7. The Morgan fingerprint density at radius 1 is 0.958 bits per heavy atom. The van der Waals surface area contributed by atoms with Gasteiger partial charge < -0.3 is 14.2 Å². The average Bonchev–Trinajstić information content (AvgIpc) is 3.10. The second kappa shape index (κ2) is 6.80. The summed E-state index contributed by atoms with van der Waals surface area (Å²) in [6.45, 7) is 0. The fraction of sp³-hybridized carbons (Fsp3) is 0.176. The molecule has 0 fully saturated rings.